The third-order valence-corrected chi connectivity index (χ3v) is 4.82. The lowest BCUT2D eigenvalue weighted by Crippen LogP contribution is -2.21. The molecule has 0 spiro atoms. The average molecular weight is 373 g/mol. The van der Waals surface area contributed by atoms with Gasteiger partial charge in [-0.2, -0.15) is 0 Å². The van der Waals surface area contributed by atoms with Crippen LogP contribution in [0.1, 0.15) is 64.2 Å². The molecule has 0 amide bonds. The largest absolute Gasteiger partial charge is 0.330 e. The monoisotopic (exact) mass is 372 g/mol. The maximum Gasteiger partial charge on any atom is -0.00369 e. The van der Waals surface area contributed by atoms with Crippen molar-refractivity contribution in [2.45, 2.75) is 64.2 Å². The lowest BCUT2D eigenvalue weighted by molar-refractivity contribution is 0.373. The Hall–Kier alpha value is -0.240. The lowest BCUT2D eigenvalue weighted by Gasteiger charge is -2.17. The molecule has 0 aliphatic heterocycles. The first-order chi connectivity index (χ1) is 12.8. The van der Waals surface area contributed by atoms with Gasteiger partial charge in [0.05, 0.1) is 0 Å². The van der Waals surface area contributed by atoms with Crippen LogP contribution in [0.15, 0.2) is 0 Å². The van der Waals surface area contributed by atoms with Gasteiger partial charge >= 0.3 is 0 Å². The Labute approximate surface area is 162 Å². The standard InChI is InChI=1S/C20H48N6/c21-11-5-17-24-14-2-1-8-20(9-3-15-25-18-6-12-22)10-4-16-26-19-7-13-23/h20,24-26H,1-19,21-23H2. The molecule has 0 aliphatic carbocycles. The van der Waals surface area contributed by atoms with E-state index in [1.807, 2.05) is 0 Å². The molecule has 0 rings (SSSR count). The van der Waals surface area contributed by atoms with Crippen LogP contribution in [0, 0.1) is 5.92 Å². The molecule has 0 unspecified atom stereocenters. The molecular formula is C20H48N6. The number of unbranched alkanes of at least 4 members (excludes halogenated alkanes) is 1. The van der Waals surface area contributed by atoms with Crippen molar-refractivity contribution in [3.05, 3.63) is 0 Å². The summed E-state index contributed by atoms with van der Waals surface area (Å²) in [5.74, 6) is 0.867. The quantitative estimate of drug-likeness (QED) is 0.159. The Morgan fingerprint density at radius 2 is 0.769 bits per heavy atom. The Morgan fingerprint density at radius 3 is 1.19 bits per heavy atom. The first-order valence-electron chi connectivity index (χ1n) is 11.1. The van der Waals surface area contributed by atoms with Crippen molar-refractivity contribution in [1.29, 1.82) is 0 Å². The van der Waals surface area contributed by atoms with Gasteiger partial charge in [-0.25, -0.2) is 0 Å². The highest BCUT2D eigenvalue weighted by Gasteiger charge is 2.08. The van der Waals surface area contributed by atoms with Crippen LogP contribution < -0.4 is 33.2 Å². The van der Waals surface area contributed by atoms with E-state index in [1.165, 1.54) is 44.9 Å². The first kappa shape index (κ1) is 25.8. The topological polar surface area (TPSA) is 114 Å². The normalized spacial score (nSPS) is 11.5. The summed E-state index contributed by atoms with van der Waals surface area (Å²) in [5, 5.41) is 10.5. The van der Waals surface area contributed by atoms with E-state index in [4.69, 9.17) is 17.2 Å². The van der Waals surface area contributed by atoms with Gasteiger partial charge in [0.2, 0.25) is 0 Å². The predicted octanol–water partition coefficient (Wildman–Crippen LogP) is 1.15. The summed E-state index contributed by atoms with van der Waals surface area (Å²) in [6, 6.07) is 0. The summed E-state index contributed by atoms with van der Waals surface area (Å²) in [7, 11) is 0. The predicted molar refractivity (Wildman–Crippen MR) is 115 cm³/mol. The molecule has 158 valence electrons. The van der Waals surface area contributed by atoms with Gasteiger partial charge in [0.1, 0.15) is 0 Å². The number of nitrogens with two attached hydrogens (primary N) is 3. The summed E-state index contributed by atoms with van der Waals surface area (Å²) in [6.45, 7) is 8.92. The van der Waals surface area contributed by atoms with Crippen LogP contribution >= 0.6 is 0 Å². The molecule has 6 nitrogen and oxygen atoms in total. The van der Waals surface area contributed by atoms with Crippen LogP contribution in [0.3, 0.4) is 0 Å². The fraction of sp³-hybridized carbons (Fsp3) is 1.00. The summed E-state index contributed by atoms with van der Waals surface area (Å²) < 4.78 is 0. The van der Waals surface area contributed by atoms with Gasteiger partial charge in [0.25, 0.3) is 0 Å². The van der Waals surface area contributed by atoms with Crippen LogP contribution in [0.25, 0.3) is 0 Å². The number of hydrogen-bond acceptors (Lipinski definition) is 6. The highest BCUT2D eigenvalue weighted by Crippen LogP contribution is 2.20. The van der Waals surface area contributed by atoms with E-state index >= 15 is 0 Å². The Bertz CT molecular complexity index is 236. The molecule has 0 fully saturated rings. The maximum atomic E-state index is 5.53. The number of hydrogen-bond donors (Lipinski definition) is 6. The Kier molecular flexibility index (Phi) is 22.6. The molecule has 0 radical (unpaired) electrons. The molecule has 0 saturated heterocycles. The molecule has 0 heterocycles. The molecule has 9 N–H and O–H groups in total. The molecule has 0 aromatic heterocycles. The minimum Gasteiger partial charge on any atom is -0.330 e. The van der Waals surface area contributed by atoms with Crippen molar-refractivity contribution >= 4 is 0 Å². The van der Waals surface area contributed by atoms with Gasteiger partial charge in [-0.15, -0.1) is 0 Å². The van der Waals surface area contributed by atoms with Crippen molar-refractivity contribution < 1.29 is 0 Å². The fourth-order valence-electron chi connectivity index (χ4n) is 3.20. The summed E-state index contributed by atoms with van der Waals surface area (Å²) in [4.78, 5) is 0. The lowest BCUT2D eigenvalue weighted by atomic mass is 9.92. The highest BCUT2D eigenvalue weighted by atomic mass is 14.9. The maximum absolute atomic E-state index is 5.53. The zero-order valence-corrected chi connectivity index (χ0v) is 17.2. The minimum atomic E-state index is 0.784. The van der Waals surface area contributed by atoms with Crippen LogP contribution in [-0.4, -0.2) is 58.9 Å². The molecule has 26 heavy (non-hydrogen) atoms. The third-order valence-electron chi connectivity index (χ3n) is 4.82. The van der Waals surface area contributed by atoms with E-state index in [0.717, 1.165) is 84.1 Å². The molecular weight excluding hydrogens is 324 g/mol. The van der Waals surface area contributed by atoms with Gasteiger partial charge in [-0.3, -0.25) is 0 Å². The van der Waals surface area contributed by atoms with Crippen molar-refractivity contribution in [3.8, 4) is 0 Å². The summed E-state index contributed by atoms with van der Waals surface area (Å²) in [6.07, 6.45) is 12.5. The van der Waals surface area contributed by atoms with Crippen molar-refractivity contribution in [2.75, 3.05) is 58.9 Å². The van der Waals surface area contributed by atoms with E-state index in [2.05, 4.69) is 16.0 Å². The van der Waals surface area contributed by atoms with Gasteiger partial charge in [-0.05, 0) is 116 Å². The molecule has 0 aromatic carbocycles. The molecule has 0 aromatic rings. The first-order valence-corrected chi connectivity index (χ1v) is 11.1. The van der Waals surface area contributed by atoms with Gasteiger partial charge in [0.15, 0.2) is 0 Å². The van der Waals surface area contributed by atoms with Gasteiger partial charge < -0.3 is 33.2 Å². The second kappa shape index (κ2) is 22.8. The van der Waals surface area contributed by atoms with Crippen molar-refractivity contribution in [1.82, 2.24) is 16.0 Å². The zero-order chi connectivity index (χ0) is 19.1. The molecule has 0 aliphatic rings. The number of rotatable bonds is 22. The smallest absolute Gasteiger partial charge is 0.00369 e. The number of nitrogens with one attached hydrogen (secondary N) is 3. The summed E-state index contributed by atoms with van der Waals surface area (Å²) in [5.41, 5.74) is 16.6. The average Bonchev–Trinajstić information content (AvgIpc) is 2.65. The molecule has 0 bridgehead atoms. The summed E-state index contributed by atoms with van der Waals surface area (Å²) >= 11 is 0. The van der Waals surface area contributed by atoms with E-state index in [0.29, 0.717) is 0 Å². The van der Waals surface area contributed by atoms with E-state index in [-0.39, 0.29) is 0 Å². The molecule has 6 heteroatoms. The van der Waals surface area contributed by atoms with Crippen molar-refractivity contribution in [3.63, 3.8) is 0 Å². The van der Waals surface area contributed by atoms with E-state index in [9.17, 15) is 0 Å². The van der Waals surface area contributed by atoms with Gasteiger partial charge in [-0.1, -0.05) is 12.8 Å². The van der Waals surface area contributed by atoms with Crippen LogP contribution in [0.5, 0.6) is 0 Å². The zero-order valence-electron chi connectivity index (χ0n) is 17.2. The molecule has 0 saturated carbocycles. The van der Waals surface area contributed by atoms with Crippen LogP contribution in [-0.2, 0) is 0 Å². The van der Waals surface area contributed by atoms with Gasteiger partial charge in [0, 0.05) is 0 Å². The molecule has 0 atom stereocenters. The van der Waals surface area contributed by atoms with E-state index < -0.39 is 0 Å². The SMILES string of the molecule is NCCCNCCCCC(CCCNCCCN)CCCNCCCN. The van der Waals surface area contributed by atoms with E-state index in [1.54, 1.807) is 0 Å². The second-order valence-electron chi connectivity index (χ2n) is 7.32. The van der Waals surface area contributed by atoms with Crippen LogP contribution in [0.4, 0.5) is 0 Å². The highest BCUT2D eigenvalue weighted by molar-refractivity contribution is 4.64. The second-order valence-corrected chi connectivity index (χ2v) is 7.32. The van der Waals surface area contributed by atoms with Crippen LogP contribution in [0.2, 0.25) is 0 Å². The Morgan fingerprint density at radius 1 is 0.423 bits per heavy atom. The minimum absolute atomic E-state index is 0.784. The Balaban J connectivity index is 3.77. The third kappa shape index (κ3) is 20.1. The fourth-order valence-corrected chi connectivity index (χ4v) is 3.20. The van der Waals surface area contributed by atoms with Crippen molar-refractivity contribution in [2.24, 2.45) is 23.1 Å².